The van der Waals surface area contributed by atoms with E-state index in [1.165, 1.54) is 10.5 Å². The minimum atomic E-state index is -0.203. The number of carbonyl (C=O) groups is 1. The number of nitrogens with zero attached hydrogens (tertiary/aromatic N) is 4. The van der Waals surface area contributed by atoms with E-state index in [0.29, 0.717) is 11.6 Å². The number of rotatable bonds is 2. The average Bonchev–Trinajstić information content (AvgIpc) is 2.88. The summed E-state index contributed by atoms with van der Waals surface area (Å²) in [6, 6.07) is 7.91. The van der Waals surface area contributed by atoms with Crippen molar-refractivity contribution in [3.63, 3.8) is 0 Å². The Morgan fingerprint density at radius 2 is 1.76 bits per heavy atom. The van der Waals surface area contributed by atoms with E-state index in [2.05, 4.69) is 43.3 Å². The summed E-state index contributed by atoms with van der Waals surface area (Å²) in [5.74, 6) is 1.30. The van der Waals surface area contributed by atoms with Crippen molar-refractivity contribution in [2.45, 2.75) is 27.7 Å². The van der Waals surface area contributed by atoms with Gasteiger partial charge in [-0.3, -0.25) is 5.32 Å². The smallest absolute Gasteiger partial charge is 0.322 e. The van der Waals surface area contributed by atoms with E-state index < -0.39 is 0 Å². The zero-order valence-electron chi connectivity index (χ0n) is 15.5. The van der Waals surface area contributed by atoms with Crippen LogP contribution in [0, 0.1) is 27.7 Å². The maximum Gasteiger partial charge on any atom is 0.322 e. The summed E-state index contributed by atoms with van der Waals surface area (Å²) in [6.07, 6.45) is 0. The molecule has 0 atom stereocenters. The molecule has 0 aliphatic heterocycles. The zero-order chi connectivity index (χ0) is 18.3. The van der Waals surface area contributed by atoms with Crippen LogP contribution < -0.4 is 5.32 Å². The Labute approximate surface area is 147 Å². The number of fused-ring (bicyclic) bond motifs is 1. The standard InChI is InChI=1S/C19H23N5O/c1-11-7-13(3)18-15(8-11)12(2)9-16(20-18)24-17(10-14(4)22-24)21-19(25)23(5)6/h7-10H,1-6H3,(H,21,25). The molecule has 0 radical (unpaired) electrons. The van der Waals surface area contributed by atoms with E-state index in [-0.39, 0.29) is 6.03 Å². The highest BCUT2D eigenvalue weighted by Gasteiger charge is 2.15. The minimum Gasteiger partial charge on any atom is -0.331 e. The second kappa shape index (κ2) is 6.20. The lowest BCUT2D eigenvalue weighted by molar-refractivity contribution is 0.230. The van der Waals surface area contributed by atoms with Gasteiger partial charge < -0.3 is 4.90 Å². The molecule has 1 N–H and O–H groups in total. The van der Waals surface area contributed by atoms with Crippen LogP contribution in [-0.4, -0.2) is 39.8 Å². The van der Waals surface area contributed by atoms with Crippen LogP contribution in [0.4, 0.5) is 10.6 Å². The van der Waals surface area contributed by atoms with Crippen molar-refractivity contribution >= 4 is 22.8 Å². The number of aryl methyl sites for hydroxylation is 4. The fourth-order valence-corrected chi connectivity index (χ4v) is 2.92. The van der Waals surface area contributed by atoms with Crippen molar-refractivity contribution in [3.05, 3.63) is 46.6 Å². The number of carbonyl (C=O) groups excluding carboxylic acids is 1. The van der Waals surface area contributed by atoms with Gasteiger partial charge in [-0.2, -0.15) is 9.78 Å². The molecule has 0 saturated heterocycles. The van der Waals surface area contributed by atoms with Crippen LogP contribution in [0.2, 0.25) is 0 Å². The van der Waals surface area contributed by atoms with Gasteiger partial charge in [0.15, 0.2) is 5.82 Å². The molecule has 6 nitrogen and oxygen atoms in total. The highest BCUT2D eigenvalue weighted by atomic mass is 16.2. The van der Waals surface area contributed by atoms with Crippen LogP contribution in [0.15, 0.2) is 24.3 Å². The number of aromatic nitrogens is 3. The second-order valence-electron chi connectivity index (χ2n) is 6.68. The van der Waals surface area contributed by atoms with E-state index in [4.69, 9.17) is 4.98 Å². The molecule has 6 heteroatoms. The first kappa shape index (κ1) is 17.0. The maximum atomic E-state index is 12.0. The molecule has 2 heterocycles. The molecule has 1 aromatic carbocycles. The van der Waals surface area contributed by atoms with Gasteiger partial charge in [0.05, 0.1) is 11.2 Å². The van der Waals surface area contributed by atoms with Gasteiger partial charge in [-0.15, -0.1) is 0 Å². The SMILES string of the molecule is Cc1cc(C)c2nc(-n3nc(C)cc3NC(=O)N(C)C)cc(C)c2c1. The number of nitrogens with one attached hydrogen (secondary N) is 1. The second-order valence-corrected chi connectivity index (χ2v) is 6.68. The van der Waals surface area contributed by atoms with Gasteiger partial charge in [-0.25, -0.2) is 9.78 Å². The largest absolute Gasteiger partial charge is 0.331 e. The Morgan fingerprint density at radius 3 is 2.44 bits per heavy atom. The molecule has 0 aliphatic carbocycles. The van der Waals surface area contributed by atoms with Crippen LogP contribution in [0.25, 0.3) is 16.7 Å². The predicted molar refractivity (Wildman–Crippen MR) is 101 cm³/mol. The van der Waals surface area contributed by atoms with Gasteiger partial charge >= 0.3 is 6.03 Å². The summed E-state index contributed by atoms with van der Waals surface area (Å²) in [5.41, 5.74) is 5.25. The number of hydrogen-bond donors (Lipinski definition) is 1. The molecule has 0 spiro atoms. The topological polar surface area (TPSA) is 63.1 Å². The van der Waals surface area contributed by atoms with E-state index in [0.717, 1.165) is 27.7 Å². The zero-order valence-corrected chi connectivity index (χ0v) is 15.5. The Hall–Kier alpha value is -2.89. The number of benzene rings is 1. The normalized spacial score (nSPS) is 11.0. The van der Waals surface area contributed by atoms with Gasteiger partial charge in [-0.05, 0) is 51.0 Å². The van der Waals surface area contributed by atoms with Gasteiger partial charge in [-0.1, -0.05) is 11.6 Å². The summed E-state index contributed by atoms with van der Waals surface area (Å²) >= 11 is 0. The summed E-state index contributed by atoms with van der Waals surface area (Å²) < 4.78 is 1.68. The van der Waals surface area contributed by atoms with E-state index in [1.54, 1.807) is 18.8 Å². The summed E-state index contributed by atoms with van der Waals surface area (Å²) in [4.78, 5) is 18.3. The number of pyridine rings is 1. The van der Waals surface area contributed by atoms with Gasteiger partial charge in [0.25, 0.3) is 0 Å². The Balaban J connectivity index is 2.16. The third kappa shape index (κ3) is 3.20. The van der Waals surface area contributed by atoms with Crippen molar-refractivity contribution < 1.29 is 4.79 Å². The molecule has 130 valence electrons. The van der Waals surface area contributed by atoms with Crippen molar-refractivity contribution in [1.29, 1.82) is 0 Å². The van der Waals surface area contributed by atoms with Crippen LogP contribution >= 0.6 is 0 Å². The van der Waals surface area contributed by atoms with Crippen LogP contribution in [-0.2, 0) is 0 Å². The lowest BCUT2D eigenvalue weighted by atomic mass is 10.0. The molecule has 0 saturated carbocycles. The van der Waals surface area contributed by atoms with E-state index in [1.807, 2.05) is 19.1 Å². The first-order valence-electron chi connectivity index (χ1n) is 8.20. The Kier molecular flexibility index (Phi) is 4.20. The molecule has 0 aliphatic rings. The van der Waals surface area contributed by atoms with Crippen LogP contribution in [0.5, 0.6) is 0 Å². The molecular formula is C19H23N5O. The number of hydrogen-bond acceptors (Lipinski definition) is 3. The highest BCUT2D eigenvalue weighted by Crippen LogP contribution is 2.25. The lowest BCUT2D eigenvalue weighted by Crippen LogP contribution is -2.28. The molecule has 0 bridgehead atoms. The first-order valence-corrected chi connectivity index (χ1v) is 8.20. The summed E-state index contributed by atoms with van der Waals surface area (Å²) in [5, 5.41) is 8.52. The number of urea groups is 1. The number of amides is 2. The van der Waals surface area contributed by atoms with Crippen molar-refractivity contribution in [1.82, 2.24) is 19.7 Å². The third-order valence-corrected chi connectivity index (χ3v) is 4.13. The Morgan fingerprint density at radius 1 is 1.04 bits per heavy atom. The summed E-state index contributed by atoms with van der Waals surface area (Å²) in [7, 11) is 3.40. The first-order chi connectivity index (χ1) is 11.8. The van der Waals surface area contributed by atoms with Gasteiger partial charge in [0.2, 0.25) is 0 Å². The molecule has 0 fully saturated rings. The fraction of sp³-hybridized carbons (Fsp3) is 0.316. The van der Waals surface area contributed by atoms with Crippen LogP contribution in [0.3, 0.4) is 0 Å². The molecule has 2 aromatic heterocycles. The van der Waals surface area contributed by atoms with Crippen molar-refractivity contribution in [2.75, 3.05) is 19.4 Å². The third-order valence-electron chi connectivity index (χ3n) is 4.13. The van der Waals surface area contributed by atoms with Gasteiger partial charge in [0.1, 0.15) is 5.82 Å². The average molecular weight is 337 g/mol. The van der Waals surface area contributed by atoms with E-state index in [9.17, 15) is 4.79 Å². The number of anilines is 1. The van der Waals surface area contributed by atoms with Crippen molar-refractivity contribution in [3.8, 4) is 5.82 Å². The molecule has 3 rings (SSSR count). The Bertz CT molecular complexity index is 972. The van der Waals surface area contributed by atoms with Crippen LogP contribution in [0.1, 0.15) is 22.4 Å². The minimum absolute atomic E-state index is 0.203. The maximum absolute atomic E-state index is 12.0. The molecule has 2 amide bonds. The molecule has 0 unspecified atom stereocenters. The fourth-order valence-electron chi connectivity index (χ4n) is 2.92. The van der Waals surface area contributed by atoms with Gasteiger partial charge in [0, 0.05) is 25.5 Å². The molecule has 25 heavy (non-hydrogen) atoms. The highest BCUT2D eigenvalue weighted by molar-refractivity contribution is 5.89. The lowest BCUT2D eigenvalue weighted by Gasteiger charge is -2.14. The van der Waals surface area contributed by atoms with E-state index >= 15 is 0 Å². The monoisotopic (exact) mass is 337 g/mol. The quantitative estimate of drug-likeness (QED) is 0.774. The molecular weight excluding hydrogens is 314 g/mol. The summed E-state index contributed by atoms with van der Waals surface area (Å²) in [6.45, 7) is 8.12. The predicted octanol–water partition coefficient (Wildman–Crippen LogP) is 3.75. The molecule has 3 aromatic rings. The van der Waals surface area contributed by atoms with Crippen molar-refractivity contribution in [2.24, 2.45) is 0 Å².